The van der Waals surface area contributed by atoms with Gasteiger partial charge in [-0.15, -0.1) is 0 Å². The Labute approximate surface area is 178 Å². The Bertz CT molecular complexity index is 862. The van der Waals surface area contributed by atoms with Gasteiger partial charge in [-0.1, -0.05) is 6.08 Å². The summed E-state index contributed by atoms with van der Waals surface area (Å²) in [6.45, 7) is 6.38. The summed E-state index contributed by atoms with van der Waals surface area (Å²) in [7, 11) is -3.17. The summed E-state index contributed by atoms with van der Waals surface area (Å²) >= 11 is 0. The van der Waals surface area contributed by atoms with Crippen LogP contribution in [0.25, 0.3) is 5.57 Å². The normalized spacial score (nSPS) is 18.9. The van der Waals surface area contributed by atoms with Gasteiger partial charge in [-0.2, -0.15) is 4.31 Å². The lowest BCUT2D eigenvalue weighted by atomic mass is 9.98. The molecule has 3 heterocycles. The maximum Gasteiger partial charge on any atom is 0.410 e. The average molecular weight is 439 g/mol. The predicted octanol–water partition coefficient (Wildman–Crippen LogP) is 2.16. The molecule has 1 aromatic heterocycles. The SMILES string of the molecule is CC(C)OC(=O)N1CCC(COc2cnc(C3=CCN(S(C)(=O)=O)CC3)cn2)CC1. The number of carbonyl (C=O) groups excluding carboxylic acids is 1. The van der Waals surface area contributed by atoms with E-state index in [0.29, 0.717) is 51.0 Å². The smallest absolute Gasteiger partial charge is 0.410 e. The molecule has 30 heavy (non-hydrogen) atoms. The third-order valence-corrected chi connectivity index (χ3v) is 6.54. The molecule has 0 atom stereocenters. The summed E-state index contributed by atoms with van der Waals surface area (Å²) < 4.78 is 35.7. The number of sulfonamides is 1. The summed E-state index contributed by atoms with van der Waals surface area (Å²) in [5.41, 5.74) is 1.74. The van der Waals surface area contributed by atoms with Crippen LogP contribution in [0.15, 0.2) is 18.5 Å². The molecule has 10 heteroatoms. The van der Waals surface area contributed by atoms with E-state index >= 15 is 0 Å². The van der Waals surface area contributed by atoms with Gasteiger partial charge in [-0.25, -0.2) is 23.2 Å². The molecule has 0 radical (unpaired) electrons. The van der Waals surface area contributed by atoms with Crippen molar-refractivity contribution in [2.24, 2.45) is 5.92 Å². The highest BCUT2D eigenvalue weighted by molar-refractivity contribution is 7.88. The Balaban J connectivity index is 1.45. The minimum atomic E-state index is -3.17. The fourth-order valence-corrected chi connectivity index (χ4v) is 4.27. The van der Waals surface area contributed by atoms with E-state index in [4.69, 9.17) is 9.47 Å². The Hall–Kier alpha value is -2.20. The number of piperidine rings is 1. The molecule has 2 aliphatic rings. The molecule has 0 bridgehead atoms. The maximum absolute atomic E-state index is 11.9. The highest BCUT2D eigenvalue weighted by Gasteiger charge is 2.25. The molecular weight excluding hydrogens is 408 g/mol. The Kier molecular flexibility index (Phi) is 7.30. The maximum atomic E-state index is 11.9. The van der Waals surface area contributed by atoms with E-state index in [1.54, 1.807) is 17.3 Å². The molecule has 0 saturated carbocycles. The van der Waals surface area contributed by atoms with Crippen LogP contribution >= 0.6 is 0 Å². The van der Waals surface area contributed by atoms with Crippen molar-refractivity contribution < 1.29 is 22.7 Å². The molecule has 1 aromatic rings. The van der Waals surface area contributed by atoms with Crippen LogP contribution in [0.1, 0.15) is 38.8 Å². The van der Waals surface area contributed by atoms with Gasteiger partial charge in [-0.05, 0) is 44.6 Å². The molecule has 3 rings (SSSR count). The monoisotopic (exact) mass is 438 g/mol. The van der Waals surface area contributed by atoms with Crippen LogP contribution in [0.2, 0.25) is 0 Å². The van der Waals surface area contributed by atoms with Crippen molar-refractivity contribution in [2.75, 3.05) is 39.0 Å². The molecule has 0 spiro atoms. The van der Waals surface area contributed by atoms with Crippen molar-refractivity contribution in [1.29, 1.82) is 0 Å². The lowest BCUT2D eigenvalue weighted by molar-refractivity contribution is 0.0606. The number of amides is 1. The first-order chi connectivity index (χ1) is 14.2. The van der Waals surface area contributed by atoms with Gasteiger partial charge in [0.05, 0.1) is 37.1 Å². The largest absolute Gasteiger partial charge is 0.476 e. The molecule has 1 amide bonds. The second kappa shape index (κ2) is 9.74. The summed E-state index contributed by atoms with van der Waals surface area (Å²) in [5, 5.41) is 0. The van der Waals surface area contributed by atoms with Gasteiger partial charge >= 0.3 is 6.09 Å². The summed E-state index contributed by atoms with van der Waals surface area (Å²) in [6.07, 6.45) is 8.36. The molecule has 2 aliphatic heterocycles. The summed E-state index contributed by atoms with van der Waals surface area (Å²) in [5.74, 6) is 0.826. The highest BCUT2D eigenvalue weighted by atomic mass is 32.2. The van der Waals surface area contributed by atoms with E-state index in [1.165, 1.54) is 10.6 Å². The number of nitrogens with zero attached hydrogens (tertiary/aromatic N) is 4. The van der Waals surface area contributed by atoms with Gasteiger partial charge in [0.15, 0.2) is 0 Å². The number of likely N-dealkylation sites (tertiary alicyclic amines) is 1. The first-order valence-electron chi connectivity index (χ1n) is 10.3. The minimum Gasteiger partial charge on any atom is -0.476 e. The molecule has 1 saturated heterocycles. The van der Waals surface area contributed by atoms with E-state index in [2.05, 4.69) is 9.97 Å². The number of aromatic nitrogens is 2. The third kappa shape index (κ3) is 6.15. The van der Waals surface area contributed by atoms with Crippen molar-refractivity contribution in [3.63, 3.8) is 0 Å². The second-order valence-electron chi connectivity index (χ2n) is 8.01. The van der Waals surface area contributed by atoms with Gasteiger partial charge in [0.25, 0.3) is 0 Å². The molecule has 9 nitrogen and oxygen atoms in total. The Morgan fingerprint density at radius 1 is 1.20 bits per heavy atom. The van der Waals surface area contributed by atoms with E-state index in [0.717, 1.165) is 24.1 Å². The van der Waals surface area contributed by atoms with Crippen LogP contribution in [0, 0.1) is 5.92 Å². The van der Waals surface area contributed by atoms with Gasteiger partial charge in [0.2, 0.25) is 15.9 Å². The van der Waals surface area contributed by atoms with Crippen molar-refractivity contribution in [2.45, 2.75) is 39.2 Å². The number of rotatable bonds is 6. The number of hydrogen-bond acceptors (Lipinski definition) is 7. The van der Waals surface area contributed by atoms with E-state index in [-0.39, 0.29) is 12.2 Å². The molecule has 0 aliphatic carbocycles. The minimum absolute atomic E-state index is 0.108. The zero-order chi connectivity index (χ0) is 21.7. The van der Waals surface area contributed by atoms with Crippen LogP contribution in [0.4, 0.5) is 4.79 Å². The zero-order valence-corrected chi connectivity index (χ0v) is 18.6. The van der Waals surface area contributed by atoms with Gasteiger partial charge in [-0.3, -0.25) is 0 Å². The second-order valence-corrected chi connectivity index (χ2v) is 10.00. The van der Waals surface area contributed by atoms with Crippen LogP contribution in [-0.2, 0) is 14.8 Å². The average Bonchev–Trinajstić information content (AvgIpc) is 2.72. The van der Waals surface area contributed by atoms with Crippen LogP contribution in [-0.4, -0.2) is 78.8 Å². The highest BCUT2D eigenvalue weighted by Crippen LogP contribution is 2.23. The topological polar surface area (TPSA) is 102 Å². The van der Waals surface area contributed by atoms with Crippen molar-refractivity contribution in [3.05, 3.63) is 24.2 Å². The van der Waals surface area contributed by atoms with Crippen LogP contribution < -0.4 is 4.74 Å². The van der Waals surface area contributed by atoms with E-state index < -0.39 is 10.0 Å². The van der Waals surface area contributed by atoms with E-state index in [9.17, 15) is 13.2 Å². The fourth-order valence-electron chi connectivity index (χ4n) is 3.50. The van der Waals surface area contributed by atoms with Gasteiger partial charge < -0.3 is 14.4 Å². The van der Waals surface area contributed by atoms with Gasteiger partial charge in [0, 0.05) is 26.2 Å². The first kappa shape index (κ1) is 22.5. The molecule has 0 unspecified atom stereocenters. The summed E-state index contributed by atoms with van der Waals surface area (Å²) in [6, 6.07) is 0. The van der Waals surface area contributed by atoms with Crippen LogP contribution in [0.5, 0.6) is 5.88 Å². The Morgan fingerprint density at radius 3 is 2.47 bits per heavy atom. The fraction of sp³-hybridized carbons (Fsp3) is 0.650. The number of hydrogen-bond donors (Lipinski definition) is 0. The number of ether oxygens (including phenoxy) is 2. The quantitative estimate of drug-likeness (QED) is 0.671. The molecule has 0 aromatic carbocycles. The molecule has 1 fully saturated rings. The standard InChI is InChI=1S/C20H30N4O5S/c1-15(2)29-20(25)23-8-4-16(5-9-23)14-28-19-13-21-18(12-22-19)17-6-10-24(11-7-17)30(3,26)27/h6,12-13,15-16H,4-5,7-11,14H2,1-3H3. The van der Waals surface area contributed by atoms with E-state index in [1.807, 2.05) is 19.9 Å². The number of carbonyl (C=O) groups is 1. The molecule has 166 valence electrons. The third-order valence-electron chi connectivity index (χ3n) is 5.27. The zero-order valence-electron chi connectivity index (χ0n) is 17.8. The first-order valence-corrected chi connectivity index (χ1v) is 12.1. The van der Waals surface area contributed by atoms with Crippen molar-refractivity contribution >= 4 is 21.7 Å². The van der Waals surface area contributed by atoms with Gasteiger partial charge in [0.1, 0.15) is 0 Å². The predicted molar refractivity (Wildman–Crippen MR) is 112 cm³/mol. The summed E-state index contributed by atoms with van der Waals surface area (Å²) in [4.78, 5) is 22.4. The lowest BCUT2D eigenvalue weighted by Crippen LogP contribution is -2.40. The molecular formula is C20H30N4O5S. The van der Waals surface area contributed by atoms with Crippen molar-refractivity contribution in [1.82, 2.24) is 19.2 Å². The van der Waals surface area contributed by atoms with Crippen LogP contribution in [0.3, 0.4) is 0 Å². The molecule has 0 N–H and O–H groups in total. The Morgan fingerprint density at radius 2 is 1.93 bits per heavy atom. The lowest BCUT2D eigenvalue weighted by Gasteiger charge is -2.31. The van der Waals surface area contributed by atoms with Crippen molar-refractivity contribution in [3.8, 4) is 5.88 Å².